The summed E-state index contributed by atoms with van der Waals surface area (Å²) in [6.07, 6.45) is -0.836. The largest absolute Gasteiger partial charge is 0.481 e. The number of carboxylic acids is 1. The summed E-state index contributed by atoms with van der Waals surface area (Å²) >= 11 is 0. The molecule has 0 spiro atoms. The average molecular weight is 477 g/mol. The van der Waals surface area contributed by atoms with Gasteiger partial charge in [-0.1, -0.05) is 55.5 Å². The summed E-state index contributed by atoms with van der Waals surface area (Å²) in [7, 11) is 0. The molecule has 1 aliphatic carbocycles. The van der Waals surface area contributed by atoms with Crippen LogP contribution in [0.3, 0.4) is 0 Å². The van der Waals surface area contributed by atoms with Gasteiger partial charge in [0.1, 0.15) is 12.4 Å². The van der Waals surface area contributed by atoms with Crippen molar-refractivity contribution in [2.45, 2.75) is 19.3 Å². The van der Waals surface area contributed by atoms with Crippen molar-refractivity contribution in [2.24, 2.45) is 5.92 Å². The van der Waals surface area contributed by atoms with Gasteiger partial charge in [-0.15, -0.1) is 0 Å². The first kappa shape index (κ1) is 23.9. The average Bonchev–Trinajstić information content (AvgIpc) is 3.15. The summed E-state index contributed by atoms with van der Waals surface area (Å²) in [4.78, 5) is 35.4. The lowest BCUT2D eigenvalue weighted by molar-refractivity contribution is -0.137. The second-order valence-electron chi connectivity index (χ2n) is 8.56. The summed E-state index contributed by atoms with van der Waals surface area (Å²) in [5, 5.41) is 13.8. The number of nitrogens with one attached hydrogen (secondary N) is 2. The predicted molar refractivity (Wildman–Crippen MR) is 129 cm³/mol. The van der Waals surface area contributed by atoms with Crippen LogP contribution in [-0.2, 0) is 9.53 Å². The Hall–Kier alpha value is -4.20. The SMILES string of the molecule is CC(CNC(=O)c1ccc(NC(=O)OCC2c3ccccc3-c3ccccc32)cc1F)CC(=O)O. The third-order valence-electron chi connectivity index (χ3n) is 5.94. The Morgan fingerprint density at radius 1 is 1.00 bits per heavy atom. The van der Waals surface area contributed by atoms with Crippen LogP contribution in [0.4, 0.5) is 14.9 Å². The normalized spacial score (nSPS) is 12.9. The van der Waals surface area contributed by atoms with Gasteiger partial charge in [-0.25, -0.2) is 9.18 Å². The van der Waals surface area contributed by atoms with E-state index in [0.29, 0.717) is 0 Å². The van der Waals surface area contributed by atoms with Crippen LogP contribution in [0.1, 0.15) is 40.7 Å². The Kier molecular flexibility index (Phi) is 7.10. The van der Waals surface area contributed by atoms with Crippen molar-refractivity contribution in [1.82, 2.24) is 5.32 Å². The predicted octanol–water partition coefficient (Wildman–Crippen LogP) is 5.03. The van der Waals surface area contributed by atoms with Crippen molar-refractivity contribution in [1.29, 1.82) is 0 Å². The van der Waals surface area contributed by atoms with Crippen LogP contribution >= 0.6 is 0 Å². The summed E-state index contributed by atoms with van der Waals surface area (Å²) < 4.78 is 20.0. The fourth-order valence-electron chi connectivity index (χ4n) is 4.26. The van der Waals surface area contributed by atoms with Gasteiger partial charge in [-0.05, 0) is 46.4 Å². The van der Waals surface area contributed by atoms with Crippen molar-refractivity contribution in [3.63, 3.8) is 0 Å². The lowest BCUT2D eigenvalue weighted by Gasteiger charge is -2.15. The zero-order valence-corrected chi connectivity index (χ0v) is 19.1. The minimum absolute atomic E-state index is 0.0977. The fourth-order valence-corrected chi connectivity index (χ4v) is 4.26. The van der Waals surface area contributed by atoms with Gasteiger partial charge in [0, 0.05) is 24.6 Å². The second kappa shape index (κ2) is 10.4. The summed E-state index contributed by atoms with van der Waals surface area (Å²) in [6.45, 7) is 1.90. The van der Waals surface area contributed by atoms with Crippen LogP contribution < -0.4 is 10.6 Å². The van der Waals surface area contributed by atoms with E-state index in [1.165, 1.54) is 12.1 Å². The van der Waals surface area contributed by atoms with Crippen LogP contribution in [0.2, 0.25) is 0 Å². The first-order valence-corrected chi connectivity index (χ1v) is 11.2. The maximum Gasteiger partial charge on any atom is 0.411 e. The number of benzene rings is 3. The van der Waals surface area contributed by atoms with Gasteiger partial charge in [0.2, 0.25) is 0 Å². The minimum atomic E-state index is -0.971. The highest BCUT2D eigenvalue weighted by atomic mass is 19.1. The van der Waals surface area contributed by atoms with Gasteiger partial charge in [0.25, 0.3) is 5.91 Å². The smallest absolute Gasteiger partial charge is 0.411 e. The molecule has 0 fully saturated rings. The van der Waals surface area contributed by atoms with E-state index in [1.807, 2.05) is 48.5 Å². The molecule has 2 amide bonds. The monoisotopic (exact) mass is 476 g/mol. The summed E-state index contributed by atoms with van der Waals surface area (Å²) in [5.74, 6) is -2.84. The van der Waals surface area contributed by atoms with E-state index in [4.69, 9.17) is 9.84 Å². The summed E-state index contributed by atoms with van der Waals surface area (Å²) in [6, 6.07) is 19.7. The third-order valence-corrected chi connectivity index (χ3v) is 5.94. The Morgan fingerprint density at radius 3 is 2.23 bits per heavy atom. The number of hydrogen-bond donors (Lipinski definition) is 3. The quantitative estimate of drug-likeness (QED) is 0.423. The molecule has 1 aliphatic rings. The maximum absolute atomic E-state index is 14.5. The third kappa shape index (κ3) is 5.48. The number of carbonyl (C=O) groups is 3. The molecule has 180 valence electrons. The van der Waals surface area contributed by atoms with E-state index >= 15 is 0 Å². The zero-order chi connectivity index (χ0) is 24.9. The van der Waals surface area contributed by atoms with Gasteiger partial charge in [-0.2, -0.15) is 0 Å². The van der Waals surface area contributed by atoms with Gasteiger partial charge < -0.3 is 15.2 Å². The standard InChI is InChI=1S/C27H25FN2O5/c1-16(12-25(31)32)14-29-26(33)22-11-10-17(13-24(22)28)30-27(34)35-15-23-20-8-4-2-6-18(20)19-7-3-5-9-21(19)23/h2-11,13,16,23H,12,14-15H2,1H3,(H,29,33)(H,30,34)(H,31,32). The number of fused-ring (bicyclic) bond motifs is 3. The van der Waals surface area contributed by atoms with E-state index < -0.39 is 23.8 Å². The van der Waals surface area contributed by atoms with E-state index in [-0.39, 0.29) is 42.7 Å². The summed E-state index contributed by atoms with van der Waals surface area (Å²) in [5.41, 5.74) is 4.35. The van der Waals surface area contributed by atoms with E-state index in [0.717, 1.165) is 28.3 Å². The van der Waals surface area contributed by atoms with Crippen LogP contribution in [-0.4, -0.2) is 36.2 Å². The molecule has 35 heavy (non-hydrogen) atoms. The number of amides is 2. The van der Waals surface area contributed by atoms with Gasteiger partial charge >= 0.3 is 12.1 Å². The molecule has 3 N–H and O–H groups in total. The molecule has 0 aromatic heterocycles. The first-order chi connectivity index (χ1) is 16.8. The number of rotatable bonds is 8. The number of halogens is 1. The van der Waals surface area contributed by atoms with Crippen LogP contribution in [0.25, 0.3) is 11.1 Å². The van der Waals surface area contributed by atoms with Crippen LogP contribution in [0, 0.1) is 11.7 Å². The highest BCUT2D eigenvalue weighted by Gasteiger charge is 2.29. The molecular formula is C27H25FN2O5. The molecule has 3 aromatic carbocycles. The molecule has 0 saturated heterocycles. The van der Waals surface area contributed by atoms with Crippen molar-refractivity contribution in [3.05, 3.63) is 89.2 Å². The lowest BCUT2D eigenvalue weighted by Crippen LogP contribution is -2.29. The lowest BCUT2D eigenvalue weighted by atomic mass is 9.98. The molecule has 0 saturated carbocycles. The topological polar surface area (TPSA) is 105 Å². The van der Waals surface area contributed by atoms with Crippen molar-refractivity contribution >= 4 is 23.7 Å². The molecule has 3 aromatic rings. The zero-order valence-electron chi connectivity index (χ0n) is 19.1. The Labute approximate surface area is 201 Å². The molecule has 0 radical (unpaired) electrons. The molecule has 1 unspecified atom stereocenters. The number of carbonyl (C=O) groups excluding carboxylic acids is 2. The van der Waals surface area contributed by atoms with Gasteiger partial charge in [0.15, 0.2) is 0 Å². The molecule has 8 heteroatoms. The molecule has 0 heterocycles. The molecule has 7 nitrogen and oxygen atoms in total. The highest BCUT2D eigenvalue weighted by Crippen LogP contribution is 2.44. The van der Waals surface area contributed by atoms with Crippen molar-refractivity contribution in [2.75, 3.05) is 18.5 Å². The molecule has 1 atom stereocenters. The van der Waals surface area contributed by atoms with Crippen molar-refractivity contribution in [3.8, 4) is 11.1 Å². The molecule has 0 aliphatic heterocycles. The van der Waals surface area contributed by atoms with Crippen LogP contribution in [0.15, 0.2) is 66.7 Å². The van der Waals surface area contributed by atoms with Gasteiger partial charge in [0.05, 0.1) is 5.56 Å². The second-order valence-corrected chi connectivity index (χ2v) is 8.56. The maximum atomic E-state index is 14.5. The number of carboxylic acid groups (broad SMARTS) is 1. The van der Waals surface area contributed by atoms with Gasteiger partial charge in [-0.3, -0.25) is 14.9 Å². The van der Waals surface area contributed by atoms with Crippen molar-refractivity contribution < 1.29 is 28.6 Å². The Balaban J connectivity index is 1.35. The Bertz CT molecular complexity index is 1230. The minimum Gasteiger partial charge on any atom is -0.481 e. The number of hydrogen-bond acceptors (Lipinski definition) is 4. The Morgan fingerprint density at radius 2 is 1.63 bits per heavy atom. The molecule has 4 rings (SSSR count). The molecule has 0 bridgehead atoms. The van der Waals surface area contributed by atoms with E-state index in [1.54, 1.807) is 6.92 Å². The van der Waals surface area contributed by atoms with Crippen LogP contribution in [0.5, 0.6) is 0 Å². The molecular weight excluding hydrogens is 451 g/mol. The van der Waals surface area contributed by atoms with E-state index in [9.17, 15) is 18.8 Å². The first-order valence-electron chi connectivity index (χ1n) is 11.2. The fraction of sp³-hybridized carbons (Fsp3) is 0.222. The highest BCUT2D eigenvalue weighted by molar-refractivity contribution is 5.95. The van der Waals surface area contributed by atoms with E-state index in [2.05, 4.69) is 10.6 Å². The number of aliphatic carboxylic acids is 1. The number of anilines is 1. The number of ether oxygens (including phenoxy) is 1.